The molecule has 0 N–H and O–H groups in total. The lowest BCUT2D eigenvalue weighted by atomic mass is 9.70. The number of allylic oxidation sites excluding steroid dienone is 4. The molecule has 0 aliphatic heterocycles. The minimum Gasteiger partial charge on any atom is -0.300 e. The Morgan fingerprint density at radius 2 is 1.65 bits per heavy atom. The lowest BCUT2D eigenvalue weighted by Crippen LogP contribution is -2.30. The molecule has 2 aliphatic rings. The normalized spacial score (nSPS) is 18.0. The van der Waals surface area contributed by atoms with Crippen molar-refractivity contribution in [2.75, 3.05) is 0 Å². The van der Waals surface area contributed by atoms with E-state index in [2.05, 4.69) is 97.0 Å². The van der Waals surface area contributed by atoms with Crippen LogP contribution in [0.25, 0.3) is 5.57 Å². The molecule has 2 aromatic rings. The van der Waals surface area contributed by atoms with Gasteiger partial charge in [-0.15, -0.1) is 0 Å². The summed E-state index contributed by atoms with van der Waals surface area (Å²) in [4.78, 5) is 39.0. The topological polar surface area (TPSA) is 51.2 Å². The number of ketones is 3. The zero-order valence-corrected chi connectivity index (χ0v) is 31.3. The second kappa shape index (κ2) is 17.5. The highest BCUT2D eigenvalue weighted by atomic mass is 16.1. The number of fused-ring (bicyclic) bond motifs is 1. The lowest BCUT2D eigenvalue weighted by molar-refractivity contribution is -0.129. The van der Waals surface area contributed by atoms with Gasteiger partial charge in [0.25, 0.3) is 0 Å². The number of carbonyl (C=O) groups is 3. The Bertz CT molecular complexity index is 1490. The Morgan fingerprint density at radius 1 is 0.917 bits per heavy atom. The summed E-state index contributed by atoms with van der Waals surface area (Å²) < 4.78 is 0. The predicted octanol–water partition coefficient (Wildman–Crippen LogP) is 11.6. The third-order valence-corrected chi connectivity index (χ3v) is 11.1. The number of hydrogen-bond donors (Lipinski definition) is 0. The number of carbonyl (C=O) groups excluding carboxylic acids is 3. The van der Waals surface area contributed by atoms with Gasteiger partial charge in [0.1, 0.15) is 11.6 Å². The van der Waals surface area contributed by atoms with Gasteiger partial charge >= 0.3 is 0 Å². The molecule has 4 unspecified atom stereocenters. The molecule has 0 saturated carbocycles. The average Bonchev–Trinajstić information content (AvgIpc) is 3.48. The Balaban J connectivity index is 1.54. The van der Waals surface area contributed by atoms with Crippen LogP contribution in [0.3, 0.4) is 0 Å². The Labute approximate surface area is 292 Å². The van der Waals surface area contributed by atoms with E-state index in [9.17, 15) is 14.4 Å². The van der Waals surface area contributed by atoms with Crippen LogP contribution in [0.1, 0.15) is 157 Å². The number of Topliss-reactive ketones (excluding diaryl/α,β-unsaturated/α-hetero) is 3. The molecule has 0 spiro atoms. The van der Waals surface area contributed by atoms with Crippen molar-refractivity contribution in [2.45, 2.75) is 138 Å². The van der Waals surface area contributed by atoms with Crippen LogP contribution < -0.4 is 0 Å². The molecule has 260 valence electrons. The average molecular weight is 651 g/mol. The van der Waals surface area contributed by atoms with Crippen LogP contribution >= 0.6 is 0 Å². The molecule has 3 nitrogen and oxygen atoms in total. The van der Waals surface area contributed by atoms with Crippen LogP contribution in [0.2, 0.25) is 0 Å². The quantitative estimate of drug-likeness (QED) is 0.151. The van der Waals surface area contributed by atoms with E-state index in [1.807, 2.05) is 0 Å². The second-order valence-corrected chi connectivity index (χ2v) is 15.9. The molecule has 0 radical (unpaired) electrons. The van der Waals surface area contributed by atoms with E-state index in [-0.39, 0.29) is 41.5 Å². The summed E-state index contributed by atoms with van der Waals surface area (Å²) in [5.74, 6) is 2.29. The fourth-order valence-corrected chi connectivity index (χ4v) is 8.75. The van der Waals surface area contributed by atoms with E-state index in [0.717, 1.165) is 62.5 Å². The summed E-state index contributed by atoms with van der Waals surface area (Å²) in [6.45, 7) is 17.1. The molecule has 3 heteroatoms. The van der Waals surface area contributed by atoms with Gasteiger partial charge in [-0.05, 0) is 122 Å². The summed E-state index contributed by atoms with van der Waals surface area (Å²) in [6.07, 6.45) is 15.4. The minimum atomic E-state index is -0.104. The molecule has 48 heavy (non-hydrogen) atoms. The lowest BCUT2D eigenvalue weighted by Gasteiger charge is -2.33. The molecule has 2 aliphatic carbocycles. The Kier molecular flexibility index (Phi) is 13.8. The maximum Gasteiger partial charge on any atom is 0.163 e. The molecule has 2 aromatic carbocycles. The van der Waals surface area contributed by atoms with Crippen molar-refractivity contribution in [3.8, 4) is 0 Å². The van der Waals surface area contributed by atoms with Crippen LogP contribution in [0.5, 0.6) is 0 Å². The van der Waals surface area contributed by atoms with Gasteiger partial charge in [0.2, 0.25) is 0 Å². The molecular weight excluding hydrogens is 588 g/mol. The molecular formula is C45H62O3. The third kappa shape index (κ3) is 9.76. The van der Waals surface area contributed by atoms with Crippen molar-refractivity contribution in [1.82, 2.24) is 0 Å². The highest BCUT2D eigenvalue weighted by Gasteiger charge is 2.35. The van der Waals surface area contributed by atoms with Gasteiger partial charge in [-0.3, -0.25) is 14.4 Å². The van der Waals surface area contributed by atoms with Crippen molar-refractivity contribution in [3.63, 3.8) is 0 Å². The molecule has 4 rings (SSSR count). The van der Waals surface area contributed by atoms with E-state index >= 15 is 0 Å². The van der Waals surface area contributed by atoms with Crippen LogP contribution in [0, 0.1) is 36.5 Å². The smallest absolute Gasteiger partial charge is 0.163 e. The third-order valence-electron chi connectivity index (χ3n) is 11.1. The van der Waals surface area contributed by atoms with Crippen LogP contribution in [-0.2, 0) is 22.4 Å². The molecule has 0 fully saturated rings. The first kappa shape index (κ1) is 37.7. The maximum atomic E-state index is 14.1. The number of hydrogen-bond acceptors (Lipinski definition) is 3. The second-order valence-electron chi connectivity index (χ2n) is 15.9. The van der Waals surface area contributed by atoms with E-state index in [0.29, 0.717) is 24.2 Å². The molecule has 0 bridgehead atoms. The van der Waals surface area contributed by atoms with Crippen molar-refractivity contribution < 1.29 is 14.4 Å². The number of rotatable bonds is 18. The standard InChI is InChI=1S/C45H62O3/c1-9-14-37(39(10-2)43(47)21-31(7)46)25-36-26-42-40(30(5)6)28-41(32(8)45(42)44(48)27-36)38-20-19-35(24-38)23-34(18-17-29(3)4)22-33-15-12-11-13-16-33/h11-13,15-16,19-20,28-30,34,36-37,39H,9-10,14,17-18,21-27H2,1-8H3. The molecule has 4 atom stereocenters. The van der Waals surface area contributed by atoms with Crippen LogP contribution in [0.4, 0.5) is 0 Å². The monoisotopic (exact) mass is 650 g/mol. The van der Waals surface area contributed by atoms with Crippen LogP contribution in [0.15, 0.2) is 54.1 Å². The van der Waals surface area contributed by atoms with Gasteiger partial charge in [-0.2, -0.15) is 0 Å². The molecule has 0 saturated heterocycles. The summed E-state index contributed by atoms with van der Waals surface area (Å²) in [5.41, 5.74) is 10.2. The highest BCUT2D eigenvalue weighted by Crippen LogP contribution is 2.43. The van der Waals surface area contributed by atoms with E-state index in [4.69, 9.17) is 0 Å². The first-order chi connectivity index (χ1) is 22.9. The minimum absolute atomic E-state index is 0.0304. The first-order valence-corrected chi connectivity index (χ1v) is 19.1. The molecule has 0 aromatic heterocycles. The summed E-state index contributed by atoms with van der Waals surface area (Å²) in [5, 5.41) is 0. The summed E-state index contributed by atoms with van der Waals surface area (Å²) in [7, 11) is 0. The van der Waals surface area contributed by atoms with E-state index < -0.39 is 0 Å². The van der Waals surface area contributed by atoms with Gasteiger partial charge in [-0.25, -0.2) is 0 Å². The molecule has 0 heterocycles. The van der Waals surface area contributed by atoms with E-state index in [1.54, 1.807) is 0 Å². The van der Waals surface area contributed by atoms with Crippen LogP contribution in [-0.4, -0.2) is 17.3 Å². The molecule has 0 amide bonds. The fourth-order valence-electron chi connectivity index (χ4n) is 8.75. The van der Waals surface area contributed by atoms with Gasteiger partial charge < -0.3 is 0 Å². The van der Waals surface area contributed by atoms with E-state index in [1.165, 1.54) is 53.2 Å². The summed E-state index contributed by atoms with van der Waals surface area (Å²) >= 11 is 0. The van der Waals surface area contributed by atoms with Crippen molar-refractivity contribution >= 4 is 22.9 Å². The van der Waals surface area contributed by atoms with Gasteiger partial charge in [0.05, 0.1) is 6.42 Å². The SMILES string of the molecule is CCCC(CC1CC(=O)c2c(C)c(C3=CC=C(CC(CCC(C)C)Cc4ccccc4)C3)cc(C(C)C)c2C1)C(CC)C(=O)CC(C)=O. The number of benzene rings is 2. The van der Waals surface area contributed by atoms with Crippen molar-refractivity contribution in [1.29, 1.82) is 0 Å². The van der Waals surface area contributed by atoms with Crippen molar-refractivity contribution in [2.24, 2.45) is 29.6 Å². The zero-order valence-electron chi connectivity index (χ0n) is 31.3. The Hall–Kier alpha value is -3.07. The van der Waals surface area contributed by atoms with Gasteiger partial charge in [-0.1, -0.05) is 115 Å². The zero-order chi connectivity index (χ0) is 35.0. The maximum absolute atomic E-state index is 14.1. The summed E-state index contributed by atoms with van der Waals surface area (Å²) in [6, 6.07) is 13.3. The Morgan fingerprint density at radius 3 is 2.27 bits per heavy atom. The highest BCUT2D eigenvalue weighted by molar-refractivity contribution is 6.02. The first-order valence-electron chi connectivity index (χ1n) is 19.1. The van der Waals surface area contributed by atoms with Gasteiger partial charge in [0, 0.05) is 17.9 Å². The fraction of sp³-hybridized carbons (Fsp3) is 0.578. The predicted molar refractivity (Wildman–Crippen MR) is 202 cm³/mol. The largest absolute Gasteiger partial charge is 0.300 e. The van der Waals surface area contributed by atoms with Crippen molar-refractivity contribution in [3.05, 3.63) is 87.5 Å². The van der Waals surface area contributed by atoms with Gasteiger partial charge in [0.15, 0.2) is 5.78 Å².